The van der Waals surface area contributed by atoms with Crippen LogP contribution in [0.5, 0.6) is 0 Å². The van der Waals surface area contributed by atoms with Crippen LogP contribution in [-0.2, 0) is 16.1 Å². The standard InChI is InChI=1S/C18H19ClN2O2/c1-14(22)21(13-15-7-5-6-10-17(15)19)12-11-18(23)20-16-8-3-2-4-9-16/h2-10H,11-13H2,1H3,(H,20,23). The van der Waals surface area contributed by atoms with Crippen LogP contribution < -0.4 is 5.32 Å². The molecule has 0 aliphatic carbocycles. The summed E-state index contributed by atoms with van der Waals surface area (Å²) in [6, 6.07) is 16.6. The van der Waals surface area contributed by atoms with Gasteiger partial charge in [0.15, 0.2) is 0 Å². The number of hydrogen-bond donors (Lipinski definition) is 1. The normalized spacial score (nSPS) is 10.2. The lowest BCUT2D eigenvalue weighted by Gasteiger charge is -2.21. The highest BCUT2D eigenvalue weighted by Crippen LogP contribution is 2.17. The van der Waals surface area contributed by atoms with Crippen molar-refractivity contribution in [2.75, 3.05) is 11.9 Å². The average Bonchev–Trinajstić information content (AvgIpc) is 2.53. The third kappa shape index (κ3) is 5.42. The molecule has 0 spiro atoms. The van der Waals surface area contributed by atoms with Gasteiger partial charge in [0.25, 0.3) is 0 Å². The fourth-order valence-corrected chi connectivity index (χ4v) is 2.36. The summed E-state index contributed by atoms with van der Waals surface area (Å²) < 4.78 is 0. The molecule has 0 saturated carbocycles. The number of carbonyl (C=O) groups is 2. The van der Waals surface area contributed by atoms with Crippen molar-refractivity contribution in [3.8, 4) is 0 Å². The molecular formula is C18H19ClN2O2. The Bertz CT molecular complexity index is 674. The molecule has 0 radical (unpaired) electrons. The zero-order valence-corrected chi connectivity index (χ0v) is 13.7. The maximum atomic E-state index is 12.0. The maximum absolute atomic E-state index is 12.0. The zero-order valence-electron chi connectivity index (χ0n) is 13.0. The molecule has 2 rings (SSSR count). The Kier molecular flexibility index (Phi) is 6.18. The molecule has 2 aromatic rings. The SMILES string of the molecule is CC(=O)N(CCC(=O)Nc1ccccc1)Cc1ccccc1Cl. The zero-order chi connectivity index (χ0) is 16.7. The molecule has 0 aliphatic heterocycles. The van der Waals surface area contributed by atoms with Crippen molar-refractivity contribution in [3.63, 3.8) is 0 Å². The van der Waals surface area contributed by atoms with E-state index in [1.54, 1.807) is 11.0 Å². The van der Waals surface area contributed by atoms with Crippen LogP contribution in [0.4, 0.5) is 5.69 Å². The van der Waals surface area contributed by atoms with Crippen LogP contribution in [-0.4, -0.2) is 23.3 Å². The van der Waals surface area contributed by atoms with Crippen molar-refractivity contribution in [2.24, 2.45) is 0 Å². The van der Waals surface area contributed by atoms with Crippen molar-refractivity contribution in [1.82, 2.24) is 4.90 Å². The van der Waals surface area contributed by atoms with Crippen LogP contribution in [0.25, 0.3) is 0 Å². The minimum atomic E-state index is -0.124. The van der Waals surface area contributed by atoms with E-state index in [0.29, 0.717) is 18.1 Å². The molecule has 4 nitrogen and oxygen atoms in total. The van der Waals surface area contributed by atoms with Crippen molar-refractivity contribution < 1.29 is 9.59 Å². The van der Waals surface area contributed by atoms with Crippen molar-refractivity contribution >= 4 is 29.1 Å². The number of benzene rings is 2. The van der Waals surface area contributed by atoms with Gasteiger partial charge in [0.1, 0.15) is 0 Å². The lowest BCUT2D eigenvalue weighted by Crippen LogP contribution is -2.31. The summed E-state index contributed by atoms with van der Waals surface area (Å²) in [4.78, 5) is 25.4. The number of amides is 2. The smallest absolute Gasteiger partial charge is 0.226 e. The number of carbonyl (C=O) groups excluding carboxylic acids is 2. The Morgan fingerprint density at radius 1 is 1.04 bits per heavy atom. The summed E-state index contributed by atoms with van der Waals surface area (Å²) in [7, 11) is 0. The molecule has 120 valence electrons. The van der Waals surface area contributed by atoms with Gasteiger partial charge in [0.05, 0.1) is 0 Å². The minimum Gasteiger partial charge on any atom is -0.338 e. The molecule has 1 N–H and O–H groups in total. The van der Waals surface area contributed by atoms with E-state index in [9.17, 15) is 9.59 Å². The first kappa shape index (κ1) is 17.0. The molecule has 2 amide bonds. The molecular weight excluding hydrogens is 312 g/mol. The predicted molar refractivity (Wildman–Crippen MR) is 92.2 cm³/mol. The van der Waals surface area contributed by atoms with Crippen LogP contribution in [0.3, 0.4) is 0 Å². The first-order chi connectivity index (χ1) is 11.1. The predicted octanol–water partition coefficient (Wildman–Crippen LogP) is 3.72. The van der Waals surface area contributed by atoms with E-state index in [-0.39, 0.29) is 18.2 Å². The van der Waals surface area contributed by atoms with Crippen LogP contribution in [0.15, 0.2) is 54.6 Å². The van der Waals surface area contributed by atoms with Crippen LogP contribution in [0.2, 0.25) is 5.02 Å². The van der Waals surface area contributed by atoms with Gasteiger partial charge in [-0.15, -0.1) is 0 Å². The van der Waals surface area contributed by atoms with Gasteiger partial charge in [-0.25, -0.2) is 0 Å². The Morgan fingerprint density at radius 2 is 1.70 bits per heavy atom. The monoisotopic (exact) mass is 330 g/mol. The lowest BCUT2D eigenvalue weighted by molar-refractivity contribution is -0.129. The molecule has 0 saturated heterocycles. The third-order valence-corrected chi connectivity index (χ3v) is 3.80. The van der Waals surface area contributed by atoms with E-state index in [1.165, 1.54) is 6.92 Å². The Labute approximate surface area is 141 Å². The summed E-state index contributed by atoms with van der Waals surface area (Å²) in [5, 5.41) is 3.43. The highest BCUT2D eigenvalue weighted by atomic mass is 35.5. The Morgan fingerprint density at radius 3 is 2.35 bits per heavy atom. The van der Waals surface area contributed by atoms with E-state index >= 15 is 0 Å². The molecule has 0 unspecified atom stereocenters. The number of halogens is 1. The van der Waals surface area contributed by atoms with E-state index in [0.717, 1.165) is 11.3 Å². The number of nitrogens with zero attached hydrogens (tertiary/aromatic N) is 1. The second-order valence-corrected chi connectivity index (χ2v) is 5.60. The van der Waals surface area contributed by atoms with E-state index in [2.05, 4.69) is 5.32 Å². The number of para-hydroxylation sites is 1. The molecule has 0 aromatic heterocycles. The van der Waals surface area contributed by atoms with Crippen LogP contribution >= 0.6 is 11.6 Å². The molecule has 0 atom stereocenters. The van der Waals surface area contributed by atoms with Gasteiger partial charge in [-0.3, -0.25) is 9.59 Å². The summed E-state index contributed by atoms with van der Waals surface area (Å²) in [5.74, 6) is -0.209. The van der Waals surface area contributed by atoms with E-state index in [1.807, 2.05) is 48.5 Å². The van der Waals surface area contributed by atoms with Gasteiger partial charge >= 0.3 is 0 Å². The first-order valence-electron chi connectivity index (χ1n) is 7.40. The topological polar surface area (TPSA) is 49.4 Å². The second-order valence-electron chi connectivity index (χ2n) is 5.20. The van der Waals surface area contributed by atoms with E-state index < -0.39 is 0 Å². The Balaban J connectivity index is 1.91. The molecule has 0 heterocycles. The quantitative estimate of drug-likeness (QED) is 0.877. The molecule has 0 fully saturated rings. The number of anilines is 1. The number of nitrogens with one attached hydrogen (secondary N) is 1. The lowest BCUT2D eigenvalue weighted by atomic mass is 10.2. The largest absolute Gasteiger partial charge is 0.338 e. The molecule has 0 bridgehead atoms. The van der Waals surface area contributed by atoms with Crippen molar-refractivity contribution in [3.05, 3.63) is 65.2 Å². The van der Waals surface area contributed by atoms with Gasteiger partial charge < -0.3 is 10.2 Å². The van der Waals surface area contributed by atoms with Crippen LogP contribution in [0.1, 0.15) is 18.9 Å². The van der Waals surface area contributed by atoms with Gasteiger partial charge in [-0.1, -0.05) is 48.0 Å². The van der Waals surface area contributed by atoms with Crippen molar-refractivity contribution in [1.29, 1.82) is 0 Å². The van der Waals surface area contributed by atoms with Gasteiger partial charge in [-0.05, 0) is 23.8 Å². The van der Waals surface area contributed by atoms with Crippen LogP contribution in [0, 0.1) is 0 Å². The summed E-state index contributed by atoms with van der Waals surface area (Å²) >= 11 is 6.13. The molecule has 5 heteroatoms. The molecule has 23 heavy (non-hydrogen) atoms. The summed E-state index contributed by atoms with van der Waals surface area (Å²) in [5.41, 5.74) is 1.62. The van der Waals surface area contributed by atoms with E-state index in [4.69, 9.17) is 11.6 Å². The van der Waals surface area contributed by atoms with Gasteiger partial charge in [0.2, 0.25) is 11.8 Å². The average molecular weight is 331 g/mol. The fourth-order valence-electron chi connectivity index (χ4n) is 2.16. The summed E-state index contributed by atoms with van der Waals surface area (Å²) in [6.45, 7) is 2.23. The molecule has 2 aromatic carbocycles. The fraction of sp³-hybridized carbons (Fsp3) is 0.222. The Hall–Kier alpha value is -2.33. The van der Waals surface area contributed by atoms with Crippen molar-refractivity contribution in [2.45, 2.75) is 19.9 Å². The number of hydrogen-bond acceptors (Lipinski definition) is 2. The highest BCUT2D eigenvalue weighted by Gasteiger charge is 2.13. The maximum Gasteiger partial charge on any atom is 0.226 e. The highest BCUT2D eigenvalue weighted by molar-refractivity contribution is 6.31. The summed E-state index contributed by atoms with van der Waals surface area (Å²) in [6.07, 6.45) is 0.235. The number of rotatable bonds is 6. The van der Waals surface area contributed by atoms with Gasteiger partial charge in [-0.2, -0.15) is 0 Å². The minimum absolute atomic E-state index is 0.0857. The second kappa shape index (κ2) is 8.34. The van der Waals surface area contributed by atoms with Gasteiger partial charge in [0, 0.05) is 37.1 Å². The molecule has 0 aliphatic rings. The first-order valence-corrected chi connectivity index (χ1v) is 7.78. The third-order valence-electron chi connectivity index (χ3n) is 3.43.